The van der Waals surface area contributed by atoms with Gasteiger partial charge in [-0.3, -0.25) is 9.59 Å². The van der Waals surface area contributed by atoms with Gasteiger partial charge in [0.25, 0.3) is 0 Å². The van der Waals surface area contributed by atoms with Crippen molar-refractivity contribution in [2.75, 3.05) is 0 Å². The summed E-state index contributed by atoms with van der Waals surface area (Å²) in [5.74, 6) is -0.451. The van der Waals surface area contributed by atoms with Gasteiger partial charge in [-0.15, -0.1) is 0 Å². The first-order valence-electron chi connectivity index (χ1n) is 11.5. The molecule has 5 heteroatoms. The summed E-state index contributed by atoms with van der Waals surface area (Å²) in [7, 11) is 0. The van der Waals surface area contributed by atoms with Crippen molar-refractivity contribution < 1.29 is 24.9 Å². The summed E-state index contributed by atoms with van der Waals surface area (Å²) in [5, 5.41) is 28.0. The number of carboxylic acid groups (broad SMARTS) is 2. The summed E-state index contributed by atoms with van der Waals surface area (Å²) in [6, 6.07) is 0. The van der Waals surface area contributed by atoms with Gasteiger partial charge in [-0.1, -0.05) is 96.8 Å². The molecule has 1 unspecified atom stereocenters. The van der Waals surface area contributed by atoms with Crippen LogP contribution >= 0.6 is 0 Å². The Morgan fingerprint density at radius 2 is 1.29 bits per heavy atom. The number of rotatable bonds is 16. The highest BCUT2D eigenvalue weighted by atomic mass is 16.4. The van der Waals surface area contributed by atoms with Gasteiger partial charge >= 0.3 is 11.9 Å². The molecule has 0 radical (unpaired) electrons. The Morgan fingerprint density at radius 1 is 0.821 bits per heavy atom. The highest BCUT2D eigenvalue weighted by Crippen LogP contribution is 2.32. The van der Waals surface area contributed by atoms with Gasteiger partial charge in [-0.05, 0) is 18.3 Å². The van der Waals surface area contributed by atoms with Crippen molar-refractivity contribution in [2.45, 2.75) is 122 Å². The molecule has 0 aromatic carbocycles. The van der Waals surface area contributed by atoms with Crippen LogP contribution in [-0.4, -0.2) is 32.9 Å². The molecule has 0 aliphatic heterocycles. The molecule has 3 N–H and O–H groups in total. The topological polar surface area (TPSA) is 94.8 Å². The minimum Gasteiger partial charge on any atom is -0.481 e. The molecule has 1 rings (SSSR count). The van der Waals surface area contributed by atoms with E-state index in [0.29, 0.717) is 6.42 Å². The van der Waals surface area contributed by atoms with E-state index >= 15 is 0 Å². The van der Waals surface area contributed by atoms with Gasteiger partial charge < -0.3 is 15.3 Å². The van der Waals surface area contributed by atoms with Crippen LogP contribution in [0.2, 0.25) is 0 Å². The molecule has 0 spiro atoms. The quantitative estimate of drug-likeness (QED) is 0.286. The molecule has 0 amide bonds. The standard InChI is InChI=1S/C23H42O5/c1-19(20-14-10-8-11-15-20)13-9-6-4-2-3-5-7-12-16-23(28,17-21(24)25)18-22(26)27/h19-20,28H,2-18H2,1H3,(H,24,25)(H,26,27). The van der Waals surface area contributed by atoms with E-state index in [1.54, 1.807) is 0 Å². The predicted molar refractivity (Wildman–Crippen MR) is 111 cm³/mol. The van der Waals surface area contributed by atoms with Crippen LogP contribution in [0.15, 0.2) is 0 Å². The Kier molecular flexibility index (Phi) is 12.4. The van der Waals surface area contributed by atoms with Crippen molar-refractivity contribution in [3.63, 3.8) is 0 Å². The molecule has 0 aromatic rings. The number of unbranched alkanes of at least 4 members (excludes halogenated alkanes) is 7. The Hall–Kier alpha value is -1.10. The summed E-state index contributed by atoms with van der Waals surface area (Å²) in [6.45, 7) is 2.44. The molecule has 164 valence electrons. The van der Waals surface area contributed by atoms with Gasteiger partial charge in [0.15, 0.2) is 0 Å². The van der Waals surface area contributed by atoms with Gasteiger partial charge in [0.2, 0.25) is 0 Å². The Bertz CT molecular complexity index is 426. The molecule has 1 aliphatic carbocycles. The fourth-order valence-electron chi connectivity index (χ4n) is 4.72. The van der Waals surface area contributed by atoms with Crippen molar-refractivity contribution >= 4 is 11.9 Å². The van der Waals surface area contributed by atoms with Gasteiger partial charge in [-0.25, -0.2) is 0 Å². The van der Waals surface area contributed by atoms with Crippen molar-refractivity contribution in [3.8, 4) is 0 Å². The summed E-state index contributed by atoms with van der Waals surface area (Å²) in [4.78, 5) is 21.7. The van der Waals surface area contributed by atoms with Crippen LogP contribution in [-0.2, 0) is 9.59 Å². The lowest BCUT2D eigenvalue weighted by molar-refractivity contribution is -0.149. The van der Waals surface area contributed by atoms with Crippen LogP contribution in [0.4, 0.5) is 0 Å². The second kappa shape index (κ2) is 14.0. The van der Waals surface area contributed by atoms with Gasteiger partial charge in [0.1, 0.15) is 0 Å². The zero-order chi connectivity index (χ0) is 20.8. The maximum atomic E-state index is 10.8. The number of hydrogen-bond acceptors (Lipinski definition) is 3. The van der Waals surface area contributed by atoms with Gasteiger partial charge in [-0.2, -0.15) is 0 Å². The molecule has 1 aliphatic rings. The average molecular weight is 399 g/mol. The fraction of sp³-hybridized carbons (Fsp3) is 0.913. The Labute approximate surface area is 170 Å². The van der Waals surface area contributed by atoms with Gasteiger partial charge in [0.05, 0.1) is 18.4 Å². The minimum absolute atomic E-state index is 0.241. The summed E-state index contributed by atoms with van der Waals surface area (Å²) in [6.07, 6.45) is 16.8. The smallest absolute Gasteiger partial charge is 0.306 e. The number of carbonyl (C=O) groups is 2. The van der Waals surface area contributed by atoms with Crippen molar-refractivity contribution in [2.24, 2.45) is 11.8 Å². The van der Waals surface area contributed by atoms with Crippen LogP contribution in [0.3, 0.4) is 0 Å². The highest BCUT2D eigenvalue weighted by molar-refractivity contribution is 5.72. The first kappa shape index (κ1) is 24.9. The van der Waals surface area contributed by atoms with E-state index in [-0.39, 0.29) is 6.42 Å². The maximum Gasteiger partial charge on any atom is 0.306 e. The van der Waals surface area contributed by atoms with E-state index in [9.17, 15) is 14.7 Å². The van der Waals surface area contributed by atoms with E-state index in [1.165, 1.54) is 64.2 Å². The zero-order valence-corrected chi connectivity index (χ0v) is 17.8. The Morgan fingerprint density at radius 3 is 1.79 bits per heavy atom. The number of hydrogen-bond donors (Lipinski definition) is 3. The van der Waals surface area contributed by atoms with Crippen LogP contribution in [0, 0.1) is 11.8 Å². The first-order valence-corrected chi connectivity index (χ1v) is 11.5. The molecular formula is C23H42O5. The maximum absolute atomic E-state index is 10.8. The second-order valence-electron chi connectivity index (χ2n) is 9.11. The molecular weight excluding hydrogens is 356 g/mol. The summed E-state index contributed by atoms with van der Waals surface area (Å²) >= 11 is 0. The Balaban J connectivity index is 2.00. The number of aliphatic carboxylic acids is 2. The lowest BCUT2D eigenvalue weighted by Gasteiger charge is -2.27. The summed E-state index contributed by atoms with van der Waals surface area (Å²) < 4.78 is 0. The predicted octanol–water partition coefficient (Wildman–Crippen LogP) is 5.78. The largest absolute Gasteiger partial charge is 0.481 e. The molecule has 0 heterocycles. The van der Waals surface area contributed by atoms with Gasteiger partial charge in [0, 0.05) is 0 Å². The third-order valence-electron chi connectivity index (χ3n) is 6.47. The summed E-state index contributed by atoms with van der Waals surface area (Å²) in [5.41, 5.74) is -1.62. The zero-order valence-electron chi connectivity index (χ0n) is 17.8. The molecule has 1 fully saturated rings. The molecule has 1 saturated carbocycles. The molecule has 0 bridgehead atoms. The van der Waals surface area contributed by atoms with Crippen molar-refractivity contribution in [1.82, 2.24) is 0 Å². The number of carboxylic acids is 2. The normalized spacial score (nSPS) is 16.8. The van der Waals surface area contributed by atoms with E-state index in [4.69, 9.17) is 10.2 Å². The molecule has 0 aromatic heterocycles. The van der Waals surface area contributed by atoms with Crippen molar-refractivity contribution in [1.29, 1.82) is 0 Å². The van der Waals surface area contributed by atoms with E-state index < -0.39 is 30.4 Å². The molecule has 28 heavy (non-hydrogen) atoms. The second-order valence-corrected chi connectivity index (χ2v) is 9.11. The third-order valence-corrected chi connectivity index (χ3v) is 6.47. The van der Waals surface area contributed by atoms with Crippen LogP contribution in [0.5, 0.6) is 0 Å². The monoisotopic (exact) mass is 398 g/mol. The average Bonchev–Trinajstić information content (AvgIpc) is 2.62. The lowest BCUT2D eigenvalue weighted by Crippen LogP contribution is -2.34. The van der Waals surface area contributed by atoms with Crippen LogP contribution in [0.1, 0.15) is 116 Å². The molecule has 5 nitrogen and oxygen atoms in total. The van der Waals surface area contributed by atoms with E-state index in [2.05, 4.69) is 6.92 Å². The lowest BCUT2D eigenvalue weighted by atomic mass is 9.79. The molecule has 1 atom stereocenters. The third kappa shape index (κ3) is 11.7. The van der Waals surface area contributed by atoms with E-state index in [0.717, 1.165) is 31.1 Å². The molecule has 0 saturated heterocycles. The SMILES string of the molecule is CC(CCCCCCCCCCC(O)(CC(=O)O)CC(=O)O)C1CCCCC1. The minimum atomic E-state index is -1.62. The highest BCUT2D eigenvalue weighted by Gasteiger charge is 2.32. The first-order chi connectivity index (χ1) is 13.3. The van der Waals surface area contributed by atoms with Crippen molar-refractivity contribution in [3.05, 3.63) is 0 Å². The fourth-order valence-corrected chi connectivity index (χ4v) is 4.72. The van der Waals surface area contributed by atoms with Crippen LogP contribution < -0.4 is 0 Å². The van der Waals surface area contributed by atoms with Crippen LogP contribution in [0.25, 0.3) is 0 Å². The van der Waals surface area contributed by atoms with E-state index in [1.807, 2.05) is 0 Å². The number of aliphatic hydroxyl groups is 1.